The Balaban J connectivity index is 4.76. The highest BCUT2D eigenvalue weighted by Gasteiger charge is 2.28. The molecule has 0 heterocycles. The smallest absolute Gasteiger partial charge is 0.462 e. The van der Waals surface area contributed by atoms with E-state index in [4.69, 9.17) is 23.3 Å². The number of hydrogen-bond donors (Lipinski definition) is 2. The zero-order valence-electron chi connectivity index (χ0n) is 43.6. The highest BCUT2D eigenvalue weighted by Crippen LogP contribution is 2.43. The van der Waals surface area contributed by atoms with E-state index in [0.29, 0.717) is 19.3 Å². The molecule has 0 aromatic carbocycles. The number of rotatable bonds is 51. The van der Waals surface area contributed by atoms with Gasteiger partial charge in [-0.15, -0.1) is 0 Å². The lowest BCUT2D eigenvalue weighted by Crippen LogP contribution is -2.30. The van der Waals surface area contributed by atoms with Crippen molar-refractivity contribution < 1.29 is 52.2 Å². The van der Waals surface area contributed by atoms with Gasteiger partial charge >= 0.3 is 25.7 Å². The Morgan fingerprint density at radius 2 is 0.765 bits per heavy atom. The molecule has 0 saturated heterocycles. The number of esters is 3. The molecule has 396 valence electrons. The molecular weight excluding hydrogens is 880 g/mol. The van der Waals surface area contributed by atoms with Crippen LogP contribution < -0.4 is 0 Å². The molecule has 0 amide bonds. The van der Waals surface area contributed by atoms with Crippen LogP contribution in [0.15, 0.2) is 48.6 Å². The van der Waals surface area contributed by atoms with Crippen molar-refractivity contribution in [3.05, 3.63) is 48.6 Å². The molecule has 3 atom stereocenters. The first kappa shape index (κ1) is 65.4. The summed E-state index contributed by atoms with van der Waals surface area (Å²) in [4.78, 5) is 48.4. The maximum Gasteiger partial charge on any atom is 0.472 e. The number of phosphoric acid groups is 1. The molecule has 0 aliphatic rings. The number of allylic oxidation sites excluding steroid dienone is 8. The molecule has 3 unspecified atom stereocenters. The van der Waals surface area contributed by atoms with Gasteiger partial charge in [-0.2, -0.15) is 0 Å². The first-order chi connectivity index (χ1) is 33.2. The van der Waals surface area contributed by atoms with Gasteiger partial charge in [-0.1, -0.05) is 223 Å². The average molecular weight is 981 g/mol. The number of unbranched alkanes of at least 4 members (excludes halogenated alkanes) is 26. The third kappa shape index (κ3) is 48.5. The summed E-state index contributed by atoms with van der Waals surface area (Å²) in [6.07, 6.45) is 52.1. The molecule has 0 rings (SSSR count). The maximum atomic E-state index is 12.9. The van der Waals surface area contributed by atoms with Crippen molar-refractivity contribution in [2.24, 2.45) is 0 Å². The van der Waals surface area contributed by atoms with Gasteiger partial charge < -0.3 is 24.2 Å². The lowest BCUT2D eigenvalue weighted by Gasteiger charge is -2.21. The Morgan fingerprint density at radius 1 is 0.426 bits per heavy atom. The van der Waals surface area contributed by atoms with Crippen molar-refractivity contribution in [3.8, 4) is 0 Å². The normalized spacial score (nSPS) is 13.8. The van der Waals surface area contributed by atoms with Crippen molar-refractivity contribution in [3.63, 3.8) is 0 Å². The first-order valence-corrected chi connectivity index (χ1v) is 29.0. The number of ether oxygens (including phenoxy) is 3. The molecule has 2 N–H and O–H groups in total. The van der Waals surface area contributed by atoms with Crippen molar-refractivity contribution in [2.45, 2.75) is 264 Å². The van der Waals surface area contributed by atoms with Crippen LogP contribution in [0.3, 0.4) is 0 Å². The monoisotopic (exact) mass is 981 g/mol. The van der Waals surface area contributed by atoms with Crippen LogP contribution in [-0.4, -0.2) is 66.5 Å². The van der Waals surface area contributed by atoms with Gasteiger partial charge in [0, 0.05) is 19.3 Å². The summed E-state index contributed by atoms with van der Waals surface area (Å²) in [6.45, 7) is 4.51. The molecule has 0 aromatic rings. The molecular formula is C56H101O11P. The fourth-order valence-electron chi connectivity index (χ4n) is 7.58. The molecule has 0 aromatic heterocycles. The van der Waals surface area contributed by atoms with Gasteiger partial charge in [0.2, 0.25) is 0 Å². The molecule has 0 radical (unpaired) electrons. The molecule has 0 bridgehead atoms. The van der Waals surface area contributed by atoms with Crippen molar-refractivity contribution >= 4 is 25.7 Å². The number of carbonyl (C=O) groups excluding carboxylic acids is 3. The highest BCUT2D eigenvalue weighted by molar-refractivity contribution is 7.47. The molecule has 68 heavy (non-hydrogen) atoms. The Kier molecular flexibility index (Phi) is 48.9. The van der Waals surface area contributed by atoms with Crippen LogP contribution in [0.2, 0.25) is 0 Å². The third-order valence-corrected chi connectivity index (χ3v) is 12.7. The standard InChI is InChI=1S/C56H101O11P/c1-4-7-10-13-16-19-22-24-25-26-27-29-32-35-38-41-44-47-56(60)67-53(49-63-54(58)45-42-39-36-33-31-28-23-20-17-14-11-8-5-2)51-65-68(61,62)64-50-52(48-57)66-55(59)46-43-40-37-34-30-21-18-15-12-9-6-3/h7,10,16,19,24-25,27,29,52-53,57H,4-6,8-9,11-15,17-18,20-23,26,28,30-51H2,1-3H3,(H,61,62)/b10-7-,19-16-,25-24-,29-27-. The Hall–Kier alpha value is -2.56. The summed E-state index contributed by atoms with van der Waals surface area (Å²) in [7, 11) is -4.74. The summed E-state index contributed by atoms with van der Waals surface area (Å²) in [5.41, 5.74) is 0. The summed E-state index contributed by atoms with van der Waals surface area (Å²) >= 11 is 0. The van der Waals surface area contributed by atoms with Gasteiger partial charge in [-0.3, -0.25) is 23.4 Å². The van der Waals surface area contributed by atoms with Crippen molar-refractivity contribution in [1.29, 1.82) is 0 Å². The first-order valence-electron chi connectivity index (χ1n) is 27.5. The average Bonchev–Trinajstić information content (AvgIpc) is 3.32. The van der Waals surface area contributed by atoms with Crippen LogP contribution in [-0.2, 0) is 42.2 Å². The topological polar surface area (TPSA) is 155 Å². The second-order valence-corrected chi connectivity index (χ2v) is 19.8. The SMILES string of the molecule is CC/C=C\C/C=C\C/C=C\C/C=C\CCCCCCC(=O)OC(COC(=O)CCCCCCCCCCCCCCC)COP(=O)(O)OCC(CO)OC(=O)CCCCCCCCCCCCC. The number of carbonyl (C=O) groups is 3. The van der Waals surface area contributed by atoms with Gasteiger partial charge in [0.1, 0.15) is 12.7 Å². The van der Waals surface area contributed by atoms with Gasteiger partial charge in [0.15, 0.2) is 6.10 Å². The maximum absolute atomic E-state index is 12.9. The molecule has 0 spiro atoms. The fraction of sp³-hybridized carbons (Fsp3) is 0.804. The van der Waals surface area contributed by atoms with Crippen LogP contribution in [0.4, 0.5) is 0 Å². The predicted octanol–water partition coefficient (Wildman–Crippen LogP) is 15.8. The second-order valence-electron chi connectivity index (χ2n) is 18.4. The molecule has 0 saturated carbocycles. The summed E-state index contributed by atoms with van der Waals surface area (Å²) in [5, 5.41) is 9.77. The van der Waals surface area contributed by atoms with Gasteiger partial charge in [-0.05, 0) is 57.8 Å². The predicted molar refractivity (Wildman–Crippen MR) is 279 cm³/mol. The van der Waals surface area contributed by atoms with Crippen molar-refractivity contribution in [2.75, 3.05) is 26.4 Å². The summed E-state index contributed by atoms with van der Waals surface area (Å²) in [6, 6.07) is 0. The van der Waals surface area contributed by atoms with Crippen LogP contribution in [0.5, 0.6) is 0 Å². The molecule has 12 heteroatoms. The van der Waals surface area contributed by atoms with E-state index in [1.807, 2.05) is 0 Å². The minimum absolute atomic E-state index is 0.142. The molecule has 11 nitrogen and oxygen atoms in total. The minimum atomic E-state index is -4.74. The third-order valence-electron chi connectivity index (χ3n) is 11.8. The summed E-state index contributed by atoms with van der Waals surface area (Å²) < 4.78 is 39.4. The van der Waals surface area contributed by atoms with E-state index in [-0.39, 0.29) is 25.9 Å². The van der Waals surface area contributed by atoms with Gasteiger partial charge in [0.25, 0.3) is 0 Å². The van der Waals surface area contributed by atoms with Gasteiger partial charge in [0.05, 0.1) is 19.8 Å². The van der Waals surface area contributed by atoms with E-state index < -0.39 is 57.8 Å². The van der Waals surface area contributed by atoms with Gasteiger partial charge in [-0.25, -0.2) is 4.57 Å². The highest BCUT2D eigenvalue weighted by atomic mass is 31.2. The fourth-order valence-corrected chi connectivity index (χ4v) is 8.37. The second kappa shape index (κ2) is 50.8. The van der Waals surface area contributed by atoms with E-state index in [9.17, 15) is 28.9 Å². The van der Waals surface area contributed by atoms with Crippen LogP contribution >= 0.6 is 7.82 Å². The molecule has 0 aliphatic carbocycles. The van der Waals surface area contributed by atoms with Crippen molar-refractivity contribution in [1.82, 2.24) is 0 Å². The molecule has 0 fully saturated rings. The minimum Gasteiger partial charge on any atom is -0.462 e. The van der Waals surface area contributed by atoms with E-state index in [0.717, 1.165) is 89.9 Å². The quantitative estimate of drug-likeness (QED) is 0.0197. The van der Waals surface area contributed by atoms with Crippen LogP contribution in [0, 0.1) is 0 Å². The zero-order chi connectivity index (χ0) is 49.9. The van der Waals surface area contributed by atoms with E-state index in [2.05, 4.69) is 69.4 Å². The van der Waals surface area contributed by atoms with E-state index in [1.165, 1.54) is 103 Å². The zero-order valence-corrected chi connectivity index (χ0v) is 44.5. The van der Waals surface area contributed by atoms with Crippen LogP contribution in [0.25, 0.3) is 0 Å². The number of aliphatic hydroxyl groups is 1. The summed E-state index contributed by atoms with van der Waals surface area (Å²) in [5.74, 6) is -1.48. The van der Waals surface area contributed by atoms with E-state index in [1.54, 1.807) is 0 Å². The lowest BCUT2D eigenvalue weighted by atomic mass is 10.0. The number of hydrogen-bond acceptors (Lipinski definition) is 10. The lowest BCUT2D eigenvalue weighted by molar-refractivity contribution is -0.161. The van der Waals surface area contributed by atoms with E-state index >= 15 is 0 Å². The number of phosphoric ester groups is 1. The Morgan fingerprint density at radius 3 is 1.18 bits per heavy atom. The largest absolute Gasteiger partial charge is 0.472 e. The Labute approximate surface area is 415 Å². The van der Waals surface area contributed by atoms with Crippen LogP contribution in [0.1, 0.15) is 252 Å². The number of aliphatic hydroxyl groups excluding tert-OH is 1. The molecule has 0 aliphatic heterocycles. The Bertz CT molecular complexity index is 1330.